The van der Waals surface area contributed by atoms with Gasteiger partial charge in [0.2, 0.25) is 35.4 Å². The van der Waals surface area contributed by atoms with Crippen molar-refractivity contribution in [2.45, 2.75) is 174 Å². The van der Waals surface area contributed by atoms with E-state index in [1.165, 1.54) is 17.1 Å². The molecule has 5 N–H and O–H groups in total. The minimum absolute atomic E-state index is 0.0472. The molecule has 2 aromatic rings. The van der Waals surface area contributed by atoms with Gasteiger partial charge in [-0.05, 0) is 81.5 Å². The Morgan fingerprint density at radius 1 is 0.899 bits per heavy atom. The number of benzene rings is 1. The zero-order valence-electron chi connectivity index (χ0n) is 48.9. The highest BCUT2D eigenvalue weighted by atomic mass is 32.1. The third-order valence-electron chi connectivity index (χ3n) is 16.6. The molecule has 1 aromatic heterocycles. The van der Waals surface area contributed by atoms with Crippen LogP contribution in [0.15, 0.2) is 30.5 Å². The molecule has 1 unspecified atom stereocenters. The number of unbranched alkanes of at least 4 members (excludes halogenated alkanes) is 3. The maximum absolute atomic E-state index is 14.8. The van der Waals surface area contributed by atoms with Crippen LogP contribution in [0.5, 0.6) is 0 Å². The number of carbonyl (C=O) groups is 8. The summed E-state index contributed by atoms with van der Waals surface area (Å²) in [5, 5.41) is 8.48. The molecule has 0 bridgehead atoms. The highest BCUT2D eigenvalue weighted by Crippen LogP contribution is 2.31. The van der Waals surface area contributed by atoms with E-state index in [0.29, 0.717) is 51.9 Å². The lowest BCUT2D eigenvalue weighted by atomic mass is 9.89. The van der Waals surface area contributed by atoms with Crippen molar-refractivity contribution in [3.63, 3.8) is 0 Å². The maximum Gasteiger partial charge on any atom is 0.269 e. The number of hydrogen-bond acceptors (Lipinski definition) is 14. The summed E-state index contributed by atoms with van der Waals surface area (Å²) in [7, 11) is 6.68. The molecule has 0 radical (unpaired) electrons. The van der Waals surface area contributed by atoms with Gasteiger partial charge in [-0.3, -0.25) is 53.0 Å². The number of H-pyrrole nitrogens is 1. The number of hydroxylamine groups is 2. The van der Waals surface area contributed by atoms with Crippen LogP contribution in [0.3, 0.4) is 0 Å². The number of thiol groups is 1. The van der Waals surface area contributed by atoms with Crippen LogP contribution in [0.25, 0.3) is 10.9 Å². The number of likely N-dealkylation sites (tertiary alicyclic amines) is 2. The molecule has 3 aliphatic heterocycles. The van der Waals surface area contributed by atoms with E-state index in [1.807, 2.05) is 84.0 Å². The van der Waals surface area contributed by atoms with Gasteiger partial charge < -0.3 is 40.6 Å². The van der Waals surface area contributed by atoms with Gasteiger partial charge in [-0.1, -0.05) is 85.9 Å². The molecule has 1 aromatic carbocycles. The summed E-state index contributed by atoms with van der Waals surface area (Å²) in [6, 6.07) is 3.57. The number of ketones is 1. The smallest absolute Gasteiger partial charge is 0.269 e. The fourth-order valence-corrected chi connectivity index (χ4v) is 12.1. The number of rotatable bonds is 31. The van der Waals surface area contributed by atoms with Crippen molar-refractivity contribution in [2.75, 3.05) is 66.9 Å². The van der Waals surface area contributed by atoms with Gasteiger partial charge in [-0.2, -0.15) is 12.6 Å². The van der Waals surface area contributed by atoms with Crippen LogP contribution < -0.4 is 16.4 Å². The number of nitrogens with one attached hydrogen (secondary N) is 3. The monoisotopic (exact) mass is 1120 g/mol. The van der Waals surface area contributed by atoms with Crippen LogP contribution in [0.2, 0.25) is 0 Å². The number of ether oxygens (including phenoxy) is 2. The topological polar surface area (TPSA) is 246 Å². The van der Waals surface area contributed by atoms with E-state index < -0.39 is 72.0 Å². The summed E-state index contributed by atoms with van der Waals surface area (Å²) in [6.07, 6.45) is 6.92. The number of nitrogens with two attached hydrogens (primary N) is 1. The zero-order chi connectivity index (χ0) is 58.2. The SMILES string of the molecule is CC[C@H](C)[C@@H]([C@@H](CC(=O)N1CCC[C@H]1[C@H](OC)[C@@H](C)C(=O)N[C@@H](Cc1c[nH]c2ccccc12)C(=O)N1CCCCO1)OC)N(C)C(=O)[C@@H](NC(=O)[C@H](C(C)C)N(C)CCCCCCN1C(=O)CC(C(=O)[C@@H](N)CS)C1=O)C(C)C. The summed E-state index contributed by atoms with van der Waals surface area (Å²) in [5.41, 5.74) is 7.60. The quantitative estimate of drug-likeness (QED) is 0.0302. The number of methoxy groups -OCH3 is 2. The van der Waals surface area contributed by atoms with Gasteiger partial charge in [-0.15, -0.1) is 0 Å². The van der Waals surface area contributed by atoms with Gasteiger partial charge in [0.25, 0.3) is 5.91 Å². The number of fused-ring (bicyclic) bond motifs is 1. The molecule has 0 aliphatic carbocycles. The first kappa shape index (κ1) is 64.9. The third kappa shape index (κ3) is 16.4. The van der Waals surface area contributed by atoms with E-state index in [1.54, 1.807) is 30.9 Å². The van der Waals surface area contributed by atoms with Gasteiger partial charge in [0.05, 0.1) is 55.3 Å². The van der Waals surface area contributed by atoms with Gasteiger partial charge in [0.15, 0.2) is 5.78 Å². The summed E-state index contributed by atoms with van der Waals surface area (Å²) in [5.74, 6) is -4.97. The molecule has 21 heteroatoms. The molecular weight excluding hydrogens is 1030 g/mol. The lowest BCUT2D eigenvalue weighted by molar-refractivity contribution is -0.199. The van der Waals surface area contributed by atoms with Crippen LogP contribution in [0.1, 0.15) is 125 Å². The van der Waals surface area contributed by atoms with Crippen LogP contribution in [-0.2, 0) is 59.1 Å². The molecule has 79 heavy (non-hydrogen) atoms. The van der Waals surface area contributed by atoms with Crippen molar-refractivity contribution >= 4 is 70.7 Å². The lowest BCUT2D eigenvalue weighted by Crippen LogP contribution is -2.60. The summed E-state index contributed by atoms with van der Waals surface area (Å²) >= 11 is 4.06. The highest BCUT2D eigenvalue weighted by molar-refractivity contribution is 7.80. The number of para-hydroxylation sites is 1. The van der Waals surface area contributed by atoms with Crippen LogP contribution in [-0.4, -0.2) is 192 Å². The number of likely N-dealkylation sites (N-methyl/N-ethyl adjacent to an activating group) is 2. The number of aromatic amines is 1. The maximum atomic E-state index is 14.8. The molecule has 442 valence electrons. The average molecular weight is 1120 g/mol. The van der Waals surface area contributed by atoms with Crippen molar-refractivity contribution in [2.24, 2.45) is 35.3 Å². The first-order valence-corrected chi connectivity index (χ1v) is 29.4. The van der Waals surface area contributed by atoms with Crippen LogP contribution in [0.4, 0.5) is 0 Å². The minimum atomic E-state index is -1.04. The molecule has 5 rings (SSSR count). The van der Waals surface area contributed by atoms with Crippen LogP contribution >= 0.6 is 12.6 Å². The number of carbonyl (C=O) groups excluding carboxylic acids is 8. The third-order valence-corrected chi connectivity index (χ3v) is 17.0. The molecule has 0 saturated carbocycles. The number of amides is 7. The minimum Gasteiger partial charge on any atom is -0.379 e. The first-order chi connectivity index (χ1) is 37.6. The van der Waals surface area contributed by atoms with E-state index >= 15 is 0 Å². The van der Waals surface area contributed by atoms with E-state index in [-0.39, 0.29) is 84.8 Å². The lowest BCUT2D eigenvalue weighted by Gasteiger charge is -2.41. The predicted octanol–water partition coefficient (Wildman–Crippen LogP) is 4.53. The van der Waals surface area contributed by atoms with Gasteiger partial charge in [0.1, 0.15) is 18.0 Å². The Kier molecular flexibility index (Phi) is 25.3. The van der Waals surface area contributed by atoms with Gasteiger partial charge in [-0.25, -0.2) is 5.06 Å². The standard InChI is InChI=1S/C58H93N9O11S/c1-12-37(6)51(64(9)58(75)49(35(2)3)62-55(72)50(36(4)5)63(8)25-17-13-14-18-26-66-47(68)31-41(56(66)73)52(70)42(59)34-79)46(76-10)32-48(69)65-27-21-24-45(65)53(77-11)38(7)54(71)61-44(57(74)67-28-19-20-29-78-67)30-39-33-60-43-23-16-15-22-40(39)43/h15-16,22-23,33,35-38,41-42,44-46,49-51,53,60,79H,12-14,17-21,24-32,34,59H2,1-11H3,(H,61,71)(H,62,72)/t37-,38+,41?,42-,44-,45-,46+,49-,50-,51-,53+/m0/s1. The van der Waals surface area contributed by atoms with E-state index in [4.69, 9.17) is 20.0 Å². The molecule has 3 aliphatic rings. The second-order valence-electron chi connectivity index (χ2n) is 22.8. The highest BCUT2D eigenvalue weighted by Gasteiger charge is 2.46. The first-order valence-electron chi connectivity index (χ1n) is 28.8. The molecule has 3 saturated heterocycles. The molecule has 20 nitrogen and oxygen atoms in total. The van der Waals surface area contributed by atoms with Crippen molar-refractivity contribution in [3.05, 3.63) is 36.0 Å². The number of nitrogens with zero attached hydrogens (tertiary/aromatic N) is 5. The Morgan fingerprint density at radius 3 is 2.24 bits per heavy atom. The molecule has 11 atom stereocenters. The second kappa shape index (κ2) is 30.8. The fourth-order valence-electron chi connectivity index (χ4n) is 11.9. The molecular formula is C58H93N9O11S. The number of hydrogen-bond donors (Lipinski definition) is 5. The van der Waals surface area contributed by atoms with E-state index in [0.717, 1.165) is 48.6 Å². The van der Waals surface area contributed by atoms with E-state index in [9.17, 15) is 38.4 Å². The fraction of sp³-hybridized carbons (Fsp3) is 0.724. The Labute approximate surface area is 474 Å². The number of Topliss-reactive ketones (excluding diaryl/α,β-unsaturated/α-hetero) is 1. The van der Waals surface area contributed by atoms with Crippen molar-refractivity contribution in [3.8, 4) is 0 Å². The Hall–Kier alpha value is -4.93. The molecule has 7 amide bonds. The van der Waals surface area contributed by atoms with Gasteiger partial charge >= 0.3 is 0 Å². The van der Waals surface area contributed by atoms with Gasteiger partial charge in [0, 0.05) is 76.6 Å². The van der Waals surface area contributed by atoms with Crippen LogP contribution in [0, 0.1) is 29.6 Å². The number of aromatic nitrogens is 1. The zero-order valence-corrected chi connectivity index (χ0v) is 49.8. The summed E-state index contributed by atoms with van der Waals surface area (Å²) in [6.45, 7) is 15.6. The predicted molar refractivity (Wildman–Crippen MR) is 305 cm³/mol. The normalized spacial score (nSPS) is 20.5. The molecule has 0 spiro atoms. The van der Waals surface area contributed by atoms with E-state index in [2.05, 4.69) is 28.2 Å². The number of imide groups is 1. The summed E-state index contributed by atoms with van der Waals surface area (Å²) in [4.78, 5) is 126. The molecule has 3 fully saturated rings. The summed E-state index contributed by atoms with van der Waals surface area (Å²) < 4.78 is 12.2. The Bertz CT molecular complexity index is 2380. The average Bonchev–Trinajstić information content (AvgIpc) is 4.18. The molecule has 4 heterocycles. The second-order valence-corrected chi connectivity index (χ2v) is 23.2. The van der Waals surface area contributed by atoms with Crippen molar-refractivity contribution in [1.82, 2.24) is 40.3 Å². The van der Waals surface area contributed by atoms with Crippen molar-refractivity contribution < 1.29 is 52.7 Å². The Morgan fingerprint density at radius 2 is 1.61 bits per heavy atom. The largest absolute Gasteiger partial charge is 0.379 e. The Balaban J connectivity index is 1.20. The van der Waals surface area contributed by atoms with Crippen molar-refractivity contribution in [1.29, 1.82) is 0 Å².